The SMILES string of the molecule is CC(c1cc2ccccc2[nH]1)N(C)C(=O)C=Cc1c[nH+]c2[nH]c(=O)oc2c1. The molecule has 0 aliphatic rings. The molecule has 3 N–H and O–H groups in total. The van der Waals surface area contributed by atoms with Crippen molar-refractivity contribution in [3.8, 4) is 0 Å². The number of para-hydroxylation sites is 1. The molecule has 4 rings (SSSR count). The fraction of sp³-hybridized carbons (Fsp3) is 0.150. The lowest BCUT2D eigenvalue weighted by Crippen LogP contribution is -2.28. The summed E-state index contributed by atoms with van der Waals surface area (Å²) in [4.78, 5) is 34.2. The highest BCUT2D eigenvalue weighted by Crippen LogP contribution is 2.23. The monoisotopic (exact) mass is 363 g/mol. The number of amides is 1. The quantitative estimate of drug-likeness (QED) is 0.546. The summed E-state index contributed by atoms with van der Waals surface area (Å²) in [6, 6.07) is 11.7. The molecule has 4 aromatic rings. The van der Waals surface area contributed by atoms with Gasteiger partial charge in [0.1, 0.15) is 0 Å². The number of carbonyl (C=O) groups excluding carboxylic acids is 1. The van der Waals surface area contributed by atoms with Crippen LogP contribution in [0.2, 0.25) is 0 Å². The van der Waals surface area contributed by atoms with Crippen LogP contribution in [0.5, 0.6) is 0 Å². The highest BCUT2D eigenvalue weighted by Gasteiger charge is 2.17. The van der Waals surface area contributed by atoms with E-state index in [-0.39, 0.29) is 11.9 Å². The topological polar surface area (TPSA) is 96.2 Å². The summed E-state index contributed by atoms with van der Waals surface area (Å²) in [5.74, 6) is -0.651. The standard InChI is InChI=1S/C20H18N4O3/c1-12(16-10-14-5-3-4-6-15(14)22-16)24(2)18(25)8-7-13-9-17-19(21-11-13)23-20(26)27-17/h3-12,22H,1-2H3,(H,21,23,26)/p+1. The number of pyridine rings is 1. The third kappa shape index (κ3) is 3.27. The Morgan fingerprint density at radius 1 is 1.26 bits per heavy atom. The third-order valence-electron chi connectivity index (χ3n) is 4.70. The van der Waals surface area contributed by atoms with Crippen LogP contribution in [0.25, 0.3) is 28.2 Å². The highest BCUT2D eigenvalue weighted by atomic mass is 16.4. The van der Waals surface area contributed by atoms with Crippen molar-refractivity contribution < 1.29 is 14.2 Å². The lowest BCUT2D eigenvalue weighted by molar-refractivity contribution is -0.347. The van der Waals surface area contributed by atoms with Crippen molar-refractivity contribution in [3.63, 3.8) is 0 Å². The molecule has 0 spiro atoms. The third-order valence-corrected chi connectivity index (χ3v) is 4.70. The van der Waals surface area contributed by atoms with Gasteiger partial charge in [-0.25, -0.2) is 4.98 Å². The van der Waals surface area contributed by atoms with E-state index < -0.39 is 5.76 Å². The molecule has 0 saturated heterocycles. The first-order valence-corrected chi connectivity index (χ1v) is 8.58. The summed E-state index contributed by atoms with van der Waals surface area (Å²) in [5.41, 5.74) is 3.67. The van der Waals surface area contributed by atoms with Gasteiger partial charge in [0.05, 0.1) is 12.2 Å². The Kier molecular flexibility index (Phi) is 4.12. The molecule has 0 bridgehead atoms. The van der Waals surface area contributed by atoms with Crippen LogP contribution in [0.3, 0.4) is 0 Å². The van der Waals surface area contributed by atoms with E-state index in [1.165, 1.54) is 6.08 Å². The molecular formula is C20H19N4O3+. The zero-order chi connectivity index (χ0) is 19.0. The van der Waals surface area contributed by atoms with Gasteiger partial charge in [0, 0.05) is 36.0 Å². The Balaban J connectivity index is 1.51. The van der Waals surface area contributed by atoms with Gasteiger partial charge in [-0.15, -0.1) is 0 Å². The van der Waals surface area contributed by atoms with Gasteiger partial charge in [-0.2, -0.15) is 9.78 Å². The van der Waals surface area contributed by atoms with E-state index in [1.807, 2.05) is 31.2 Å². The van der Waals surface area contributed by atoms with E-state index in [4.69, 9.17) is 4.42 Å². The summed E-state index contributed by atoms with van der Waals surface area (Å²) in [6.07, 6.45) is 4.87. The van der Waals surface area contributed by atoms with Gasteiger partial charge in [-0.3, -0.25) is 4.79 Å². The number of benzene rings is 1. The normalized spacial score (nSPS) is 12.8. The van der Waals surface area contributed by atoms with Crippen LogP contribution in [0, 0.1) is 0 Å². The highest BCUT2D eigenvalue weighted by molar-refractivity contribution is 5.92. The molecule has 3 aromatic heterocycles. The van der Waals surface area contributed by atoms with Crippen LogP contribution in [-0.2, 0) is 4.79 Å². The largest absolute Gasteiger partial charge is 0.510 e. The molecule has 7 nitrogen and oxygen atoms in total. The smallest absolute Gasteiger partial charge is 0.383 e. The number of hydrogen-bond donors (Lipinski definition) is 2. The molecule has 3 heterocycles. The first-order chi connectivity index (χ1) is 13.0. The molecule has 1 amide bonds. The van der Waals surface area contributed by atoms with E-state index in [0.717, 1.165) is 22.2 Å². The van der Waals surface area contributed by atoms with E-state index in [1.54, 1.807) is 30.3 Å². The fourth-order valence-electron chi connectivity index (χ4n) is 3.00. The number of rotatable bonds is 4. The Labute approximate surface area is 154 Å². The van der Waals surface area contributed by atoms with Gasteiger partial charge in [0.25, 0.3) is 0 Å². The molecule has 136 valence electrons. The number of aromatic amines is 3. The maximum Gasteiger partial charge on any atom is 0.510 e. The molecular weight excluding hydrogens is 344 g/mol. The van der Waals surface area contributed by atoms with Crippen molar-refractivity contribution >= 4 is 34.1 Å². The zero-order valence-corrected chi connectivity index (χ0v) is 14.9. The zero-order valence-electron chi connectivity index (χ0n) is 14.9. The Bertz CT molecular complexity index is 1180. The number of hydrogen-bond acceptors (Lipinski definition) is 3. The van der Waals surface area contributed by atoms with Gasteiger partial charge in [0.15, 0.2) is 0 Å². The first-order valence-electron chi connectivity index (χ1n) is 8.58. The van der Waals surface area contributed by atoms with Crippen molar-refractivity contribution in [2.24, 2.45) is 0 Å². The molecule has 1 aromatic carbocycles. The van der Waals surface area contributed by atoms with Crippen molar-refractivity contribution in [2.75, 3.05) is 7.05 Å². The second kappa shape index (κ2) is 6.60. The van der Waals surface area contributed by atoms with E-state index >= 15 is 0 Å². The minimum atomic E-state index is -0.523. The second-order valence-corrected chi connectivity index (χ2v) is 6.46. The number of likely N-dealkylation sites (N-methyl/N-ethyl adjacent to an activating group) is 1. The van der Waals surface area contributed by atoms with Crippen LogP contribution >= 0.6 is 0 Å². The summed E-state index contributed by atoms with van der Waals surface area (Å²) in [7, 11) is 1.77. The fourth-order valence-corrected chi connectivity index (χ4v) is 3.00. The molecule has 27 heavy (non-hydrogen) atoms. The van der Waals surface area contributed by atoms with Gasteiger partial charge in [-0.1, -0.05) is 18.2 Å². The van der Waals surface area contributed by atoms with Crippen LogP contribution in [0.15, 0.2) is 57.9 Å². The predicted octanol–water partition coefficient (Wildman–Crippen LogP) is 2.65. The molecule has 0 radical (unpaired) electrons. The number of H-pyrrole nitrogens is 3. The minimum absolute atomic E-state index is 0.105. The van der Waals surface area contributed by atoms with Crippen LogP contribution in [0.1, 0.15) is 24.2 Å². The number of oxazole rings is 1. The molecule has 0 saturated carbocycles. The predicted molar refractivity (Wildman–Crippen MR) is 102 cm³/mol. The van der Waals surface area contributed by atoms with E-state index in [2.05, 4.69) is 21.0 Å². The summed E-state index contributed by atoms with van der Waals surface area (Å²) >= 11 is 0. The van der Waals surface area contributed by atoms with Crippen molar-refractivity contribution in [3.05, 3.63) is 70.5 Å². The molecule has 0 aliphatic carbocycles. The summed E-state index contributed by atoms with van der Waals surface area (Å²) in [5, 5.41) is 1.12. The Morgan fingerprint density at radius 2 is 2.07 bits per heavy atom. The van der Waals surface area contributed by atoms with Crippen molar-refractivity contribution in [1.82, 2.24) is 14.9 Å². The summed E-state index contributed by atoms with van der Waals surface area (Å²) < 4.78 is 5.01. The maximum atomic E-state index is 12.5. The van der Waals surface area contributed by atoms with Gasteiger partial charge < -0.3 is 14.3 Å². The molecule has 0 fully saturated rings. The average molecular weight is 363 g/mol. The molecule has 7 heteroatoms. The lowest BCUT2D eigenvalue weighted by Gasteiger charge is -2.22. The molecule has 0 aliphatic heterocycles. The van der Waals surface area contributed by atoms with Gasteiger partial charge in [-0.05, 0) is 30.5 Å². The van der Waals surface area contributed by atoms with Crippen LogP contribution in [-0.4, -0.2) is 27.8 Å². The number of fused-ring (bicyclic) bond motifs is 2. The Hall–Kier alpha value is -3.61. The van der Waals surface area contributed by atoms with E-state index in [9.17, 15) is 9.59 Å². The molecule has 1 unspecified atom stereocenters. The Morgan fingerprint density at radius 3 is 2.89 bits per heavy atom. The minimum Gasteiger partial charge on any atom is -0.383 e. The average Bonchev–Trinajstić information content (AvgIpc) is 3.26. The van der Waals surface area contributed by atoms with Gasteiger partial charge in [0.2, 0.25) is 11.5 Å². The van der Waals surface area contributed by atoms with Gasteiger partial charge >= 0.3 is 11.4 Å². The van der Waals surface area contributed by atoms with Crippen molar-refractivity contribution in [2.45, 2.75) is 13.0 Å². The van der Waals surface area contributed by atoms with Crippen LogP contribution in [0.4, 0.5) is 0 Å². The summed E-state index contributed by atoms with van der Waals surface area (Å²) in [6.45, 7) is 1.98. The lowest BCUT2D eigenvalue weighted by atomic mass is 10.2. The van der Waals surface area contributed by atoms with Crippen LogP contribution < -0.4 is 10.7 Å². The molecule has 1 atom stereocenters. The first kappa shape index (κ1) is 16.8. The number of nitrogens with one attached hydrogen (secondary N) is 3. The van der Waals surface area contributed by atoms with Crippen molar-refractivity contribution in [1.29, 1.82) is 0 Å². The number of nitrogens with zero attached hydrogens (tertiary/aromatic N) is 1. The number of carbonyl (C=O) groups is 1. The maximum absolute atomic E-state index is 12.5. The second-order valence-electron chi connectivity index (χ2n) is 6.46. The number of aromatic nitrogens is 3. The van der Waals surface area contributed by atoms with E-state index in [0.29, 0.717) is 11.2 Å².